The number of nitrogens with one attached hydrogen (secondary N) is 1. The highest BCUT2D eigenvalue weighted by atomic mass is 32.1. The van der Waals surface area contributed by atoms with Crippen LogP contribution in [-0.2, 0) is 36.0 Å². The van der Waals surface area contributed by atoms with Gasteiger partial charge in [-0.3, -0.25) is 4.79 Å². The van der Waals surface area contributed by atoms with Gasteiger partial charge in [0.2, 0.25) is 5.91 Å². The second-order valence-electron chi connectivity index (χ2n) is 6.98. The van der Waals surface area contributed by atoms with Gasteiger partial charge in [0.15, 0.2) is 16.4 Å². The summed E-state index contributed by atoms with van der Waals surface area (Å²) < 4.78 is 51.0. The molecule has 1 atom stereocenters. The molecule has 1 N–H and O–H groups in total. The van der Waals surface area contributed by atoms with Crippen LogP contribution in [-0.4, -0.2) is 34.3 Å². The summed E-state index contributed by atoms with van der Waals surface area (Å²) in [6, 6.07) is 1.73. The highest BCUT2D eigenvalue weighted by molar-refractivity contribution is 7.71. The third-order valence-electron chi connectivity index (χ3n) is 5.24. The number of imidazole rings is 1. The van der Waals surface area contributed by atoms with Crippen molar-refractivity contribution in [2.45, 2.75) is 31.3 Å². The average molecular weight is 397 g/mol. The van der Waals surface area contributed by atoms with Crippen molar-refractivity contribution in [3.8, 4) is 0 Å². The maximum Gasteiger partial charge on any atom is 0.226 e. The lowest BCUT2D eigenvalue weighted by Gasteiger charge is -2.26. The number of halogens is 3. The molecule has 4 rings (SSSR count). The topological polar surface area (TPSA) is 48.2 Å². The molecule has 1 aromatic carbocycles. The van der Waals surface area contributed by atoms with Gasteiger partial charge in [-0.15, -0.1) is 0 Å². The van der Waals surface area contributed by atoms with Crippen molar-refractivity contribution < 1.29 is 22.7 Å². The fourth-order valence-electron chi connectivity index (χ4n) is 3.78. The van der Waals surface area contributed by atoms with Gasteiger partial charge in [-0.2, -0.15) is 0 Å². The van der Waals surface area contributed by atoms with E-state index < -0.39 is 23.4 Å². The van der Waals surface area contributed by atoms with Gasteiger partial charge in [-0.05, 0) is 30.8 Å². The van der Waals surface area contributed by atoms with Crippen LogP contribution in [0.3, 0.4) is 0 Å². The lowest BCUT2D eigenvalue weighted by Crippen LogP contribution is -2.49. The Bertz CT molecular complexity index is 981. The van der Waals surface area contributed by atoms with Gasteiger partial charge in [-0.1, -0.05) is 0 Å². The van der Waals surface area contributed by atoms with Crippen molar-refractivity contribution in [1.29, 1.82) is 0 Å². The van der Waals surface area contributed by atoms with Crippen LogP contribution in [0.2, 0.25) is 0 Å². The molecule has 0 unspecified atom stereocenters. The van der Waals surface area contributed by atoms with Crippen molar-refractivity contribution in [1.82, 2.24) is 14.5 Å². The number of ether oxygens (including phenoxy) is 1. The van der Waals surface area contributed by atoms with Gasteiger partial charge >= 0.3 is 0 Å². The van der Waals surface area contributed by atoms with Crippen LogP contribution >= 0.6 is 12.2 Å². The van der Waals surface area contributed by atoms with E-state index >= 15 is 0 Å². The Balaban J connectivity index is 1.62. The quantitative estimate of drug-likeness (QED) is 0.637. The summed E-state index contributed by atoms with van der Waals surface area (Å²) in [7, 11) is 1.76. The first kappa shape index (κ1) is 18.2. The average Bonchev–Trinajstić information content (AvgIpc) is 3.10. The van der Waals surface area contributed by atoms with Gasteiger partial charge in [-0.25, -0.2) is 13.2 Å². The Morgan fingerprint density at radius 1 is 1.30 bits per heavy atom. The standard InChI is InChI=1S/C18H18F3N3O2S/c1-23-13(5-15(25)22-10-7-26-8-10)14-4-9(6-24(14)18(23)27)16-11(19)2-3-12(20)17(16)21/h2-3,9-10H,4-8H2,1H3,(H,22,25)/t9-/m0/s1. The second kappa shape index (κ2) is 6.79. The molecule has 144 valence electrons. The van der Waals surface area contributed by atoms with E-state index in [1.165, 1.54) is 0 Å². The molecule has 1 fully saturated rings. The minimum atomic E-state index is -1.16. The fourth-order valence-corrected chi connectivity index (χ4v) is 4.07. The van der Waals surface area contributed by atoms with Gasteiger partial charge < -0.3 is 19.2 Å². The molecular formula is C18H18F3N3O2S. The van der Waals surface area contributed by atoms with Crippen LogP contribution in [0.4, 0.5) is 13.2 Å². The molecule has 1 aromatic heterocycles. The Kier molecular flexibility index (Phi) is 4.59. The van der Waals surface area contributed by atoms with E-state index in [1.807, 2.05) is 0 Å². The first-order chi connectivity index (χ1) is 12.9. The Morgan fingerprint density at radius 2 is 2.00 bits per heavy atom. The second-order valence-corrected chi connectivity index (χ2v) is 7.35. The van der Waals surface area contributed by atoms with E-state index in [0.29, 0.717) is 23.7 Å². The highest BCUT2D eigenvalue weighted by Gasteiger charge is 2.33. The summed E-state index contributed by atoms with van der Waals surface area (Å²) in [5.74, 6) is -3.74. The number of fused-ring (bicyclic) bond motifs is 1. The number of hydrogen-bond donors (Lipinski definition) is 1. The number of nitrogens with zero attached hydrogens (tertiary/aromatic N) is 2. The predicted molar refractivity (Wildman–Crippen MR) is 93.5 cm³/mol. The Labute approximate surface area is 158 Å². The molecule has 0 bridgehead atoms. The third kappa shape index (κ3) is 3.08. The number of carbonyl (C=O) groups is 1. The van der Waals surface area contributed by atoms with E-state index in [9.17, 15) is 18.0 Å². The first-order valence-electron chi connectivity index (χ1n) is 8.64. The highest BCUT2D eigenvalue weighted by Crippen LogP contribution is 2.36. The normalized spacial score (nSPS) is 19.0. The Morgan fingerprint density at radius 3 is 2.67 bits per heavy atom. The molecule has 1 saturated heterocycles. The summed E-state index contributed by atoms with van der Waals surface area (Å²) >= 11 is 5.42. The Hall–Kier alpha value is -2.13. The first-order valence-corrected chi connectivity index (χ1v) is 9.05. The zero-order valence-electron chi connectivity index (χ0n) is 14.6. The van der Waals surface area contributed by atoms with E-state index in [4.69, 9.17) is 17.0 Å². The molecule has 1 amide bonds. The van der Waals surface area contributed by atoms with Crippen LogP contribution in [0, 0.1) is 22.2 Å². The molecule has 0 saturated carbocycles. The fraction of sp³-hybridized carbons (Fsp3) is 0.444. The van der Waals surface area contributed by atoms with Crippen molar-refractivity contribution in [2.75, 3.05) is 13.2 Å². The number of amides is 1. The van der Waals surface area contributed by atoms with Crippen molar-refractivity contribution in [3.05, 3.63) is 51.3 Å². The monoisotopic (exact) mass is 397 g/mol. The maximum absolute atomic E-state index is 14.2. The van der Waals surface area contributed by atoms with Crippen LogP contribution in [0.1, 0.15) is 22.9 Å². The van der Waals surface area contributed by atoms with Gasteiger partial charge in [0.05, 0.1) is 25.7 Å². The molecule has 0 aliphatic carbocycles. The summed E-state index contributed by atoms with van der Waals surface area (Å²) in [4.78, 5) is 12.3. The molecule has 0 spiro atoms. The van der Waals surface area contributed by atoms with E-state index in [0.717, 1.165) is 17.8 Å². The van der Waals surface area contributed by atoms with Crippen LogP contribution in [0.5, 0.6) is 0 Å². The zero-order valence-corrected chi connectivity index (χ0v) is 15.4. The number of rotatable bonds is 4. The molecule has 3 heterocycles. The smallest absolute Gasteiger partial charge is 0.226 e. The van der Waals surface area contributed by atoms with E-state index in [1.54, 1.807) is 16.2 Å². The SMILES string of the molecule is Cn1c(CC(=O)NC2COC2)c2n(c1=S)C[C@@H](c1c(F)ccc(F)c1F)C2. The molecular weight excluding hydrogens is 379 g/mol. The van der Waals surface area contributed by atoms with E-state index in [-0.39, 0.29) is 36.9 Å². The molecule has 0 radical (unpaired) electrons. The minimum absolute atomic E-state index is 0.0182. The summed E-state index contributed by atoms with van der Waals surface area (Å²) in [5.41, 5.74) is 1.20. The number of benzene rings is 1. The summed E-state index contributed by atoms with van der Waals surface area (Å²) in [6.45, 7) is 1.24. The zero-order chi connectivity index (χ0) is 19.3. The van der Waals surface area contributed by atoms with Gasteiger partial charge in [0.1, 0.15) is 5.82 Å². The number of carbonyl (C=O) groups excluding carboxylic acids is 1. The molecule has 2 aromatic rings. The third-order valence-corrected chi connectivity index (χ3v) is 5.74. The molecule has 5 nitrogen and oxygen atoms in total. The van der Waals surface area contributed by atoms with Crippen LogP contribution in [0.15, 0.2) is 12.1 Å². The molecule has 9 heteroatoms. The van der Waals surface area contributed by atoms with Crippen LogP contribution in [0.25, 0.3) is 0 Å². The molecule has 27 heavy (non-hydrogen) atoms. The van der Waals surface area contributed by atoms with Gasteiger partial charge in [0.25, 0.3) is 0 Å². The summed E-state index contributed by atoms with van der Waals surface area (Å²) in [5, 5.41) is 2.87. The lowest BCUT2D eigenvalue weighted by atomic mass is 9.95. The van der Waals surface area contributed by atoms with Crippen molar-refractivity contribution in [3.63, 3.8) is 0 Å². The summed E-state index contributed by atoms with van der Waals surface area (Å²) in [6.07, 6.45) is 0.400. The predicted octanol–water partition coefficient (Wildman–Crippen LogP) is 2.37. The molecule has 2 aliphatic rings. The van der Waals surface area contributed by atoms with Crippen molar-refractivity contribution >= 4 is 18.1 Å². The van der Waals surface area contributed by atoms with E-state index in [2.05, 4.69) is 5.32 Å². The van der Waals surface area contributed by atoms with Crippen LogP contribution < -0.4 is 5.32 Å². The number of aromatic nitrogens is 2. The minimum Gasteiger partial charge on any atom is -0.377 e. The number of hydrogen-bond acceptors (Lipinski definition) is 3. The largest absolute Gasteiger partial charge is 0.377 e. The van der Waals surface area contributed by atoms with Crippen molar-refractivity contribution in [2.24, 2.45) is 7.05 Å². The molecule has 2 aliphatic heterocycles. The van der Waals surface area contributed by atoms with Gasteiger partial charge in [0, 0.05) is 36.5 Å². The lowest BCUT2D eigenvalue weighted by molar-refractivity contribution is -0.124. The maximum atomic E-state index is 14.2.